The summed E-state index contributed by atoms with van der Waals surface area (Å²) in [5.74, 6) is -0.741. The highest BCUT2D eigenvalue weighted by molar-refractivity contribution is 14.1. The van der Waals surface area contributed by atoms with Crippen molar-refractivity contribution in [3.63, 3.8) is 0 Å². The zero-order valence-corrected chi connectivity index (χ0v) is 10.6. The lowest BCUT2D eigenvalue weighted by atomic mass is 10.2. The third kappa shape index (κ3) is 2.07. The molecule has 1 aromatic rings. The summed E-state index contributed by atoms with van der Waals surface area (Å²) in [6, 6.07) is 1.53. The van der Waals surface area contributed by atoms with E-state index in [1.54, 1.807) is 0 Å². The molecule has 0 bridgehead atoms. The highest BCUT2D eigenvalue weighted by Gasteiger charge is 2.19. The zero-order valence-electron chi connectivity index (χ0n) is 6.97. The van der Waals surface area contributed by atoms with E-state index in [1.807, 2.05) is 22.6 Å². The third-order valence-electron chi connectivity index (χ3n) is 1.56. The van der Waals surface area contributed by atoms with Gasteiger partial charge < -0.3 is 9.84 Å². The molecular formula is C8H5Cl2IO3. The van der Waals surface area contributed by atoms with Crippen LogP contribution in [-0.4, -0.2) is 18.2 Å². The molecule has 76 valence electrons. The average Bonchev–Trinajstić information content (AvgIpc) is 2.10. The molecule has 6 heteroatoms. The first-order valence-corrected chi connectivity index (χ1v) is 5.27. The van der Waals surface area contributed by atoms with Crippen LogP contribution >= 0.6 is 45.8 Å². The molecule has 1 rings (SSSR count). The maximum absolute atomic E-state index is 10.8. The average molecular weight is 347 g/mol. The van der Waals surface area contributed by atoms with E-state index in [1.165, 1.54) is 13.2 Å². The topological polar surface area (TPSA) is 46.5 Å². The van der Waals surface area contributed by atoms with Crippen molar-refractivity contribution in [2.45, 2.75) is 0 Å². The third-order valence-corrected chi connectivity index (χ3v) is 3.26. The number of benzene rings is 1. The first kappa shape index (κ1) is 11.9. The van der Waals surface area contributed by atoms with Crippen LogP contribution in [0.4, 0.5) is 0 Å². The van der Waals surface area contributed by atoms with Gasteiger partial charge in [0, 0.05) is 3.57 Å². The van der Waals surface area contributed by atoms with Gasteiger partial charge in [-0.05, 0) is 28.7 Å². The molecule has 0 aliphatic heterocycles. The number of aromatic carboxylic acids is 1. The monoisotopic (exact) mass is 346 g/mol. The van der Waals surface area contributed by atoms with Crippen molar-refractivity contribution < 1.29 is 14.6 Å². The summed E-state index contributed by atoms with van der Waals surface area (Å²) in [5, 5.41) is 8.97. The van der Waals surface area contributed by atoms with Gasteiger partial charge in [0.2, 0.25) is 0 Å². The van der Waals surface area contributed by atoms with Gasteiger partial charge in [-0.15, -0.1) is 0 Å². The second-order valence-corrected chi connectivity index (χ2v) is 4.29. The maximum atomic E-state index is 10.8. The molecule has 0 heterocycles. The van der Waals surface area contributed by atoms with Crippen molar-refractivity contribution in [3.05, 3.63) is 25.2 Å². The van der Waals surface area contributed by atoms with Gasteiger partial charge in [-0.2, -0.15) is 0 Å². The van der Waals surface area contributed by atoms with Crippen LogP contribution in [0.2, 0.25) is 10.0 Å². The number of methoxy groups -OCH3 is 1. The highest BCUT2D eigenvalue weighted by atomic mass is 127. The Bertz CT molecular complexity index is 393. The van der Waals surface area contributed by atoms with E-state index in [2.05, 4.69) is 0 Å². The first-order chi connectivity index (χ1) is 6.49. The molecule has 0 radical (unpaired) electrons. The van der Waals surface area contributed by atoms with Crippen molar-refractivity contribution >= 4 is 51.8 Å². The standard InChI is InChI=1S/C8H5Cl2IO3/c1-14-4-2-3(11)5(8(12)13)7(10)6(4)9/h2H,1H3,(H,12,13). The summed E-state index contributed by atoms with van der Waals surface area (Å²) >= 11 is 13.4. The molecule has 0 atom stereocenters. The zero-order chi connectivity index (χ0) is 10.9. The van der Waals surface area contributed by atoms with E-state index < -0.39 is 5.97 Å². The lowest BCUT2D eigenvalue weighted by Gasteiger charge is -2.08. The maximum Gasteiger partial charge on any atom is 0.338 e. The SMILES string of the molecule is COc1cc(I)c(C(=O)O)c(Cl)c1Cl. The molecule has 0 aromatic heterocycles. The summed E-state index contributed by atoms with van der Waals surface area (Å²) in [6.07, 6.45) is 0. The molecule has 0 saturated carbocycles. The van der Waals surface area contributed by atoms with Gasteiger partial charge in [-0.25, -0.2) is 4.79 Å². The number of carbonyl (C=O) groups is 1. The Hall–Kier alpha value is -0.200. The molecule has 0 spiro atoms. The highest BCUT2D eigenvalue weighted by Crippen LogP contribution is 2.37. The van der Waals surface area contributed by atoms with Gasteiger partial charge in [0.25, 0.3) is 0 Å². The quantitative estimate of drug-likeness (QED) is 0.660. The lowest BCUT2D eigenvalue weighted by Crippen LogP contribution is -2.02. The molecule has 1 N–H and O–H groups in total. The molecule has 0 amide bonds. The number of hydrogen-bond acceptors (Lipinski definition) is 2. The van der Waals surface area contributed by atoms with E-state index in [0.717, 1.165) is 0 Å². The molecular weight excluding hydrogens is 342 g/mol. The molecule has 14 heavy (non-hydrogen) atoms. The van der Waals surface area contributed by atoms with E-state index in [9.17, 15) is 4.79 Å². The Labute approximate surface area is 104 Å². The molecule has 1 aromatic carbocycles. The fraction of sp³-hybridized carbons (Fsp3) is 0.125. The van der Waals surface area contributed by atoms with Crippen LogP contribution in [0.25, 0.3) is 0 Å². The van der Waals surface area contributed by atoms with Crippen molar-refractivity contribution in [1.82, 2.24) is 0 Å². The molecule has 0 saturated heterocycles. The fourth-order valence-electron chi connectivity index (χ4n) is 0.918. The molecule has 3 nitrogen and oxygen atoms in total. The van der Waals surface area contributed by atoms with Crippen LogP contribution in [0.15, 0.2) is 6.07 Å². The minimum atomic E-state index is -1.11. The number of ether oxygens (including phenoxy) is 1. The minimum absolute atomic E-state index is 0.00179. The predicted octanol–water partition coefficient (Wildman–Crippen LogP) is 3.30. The molecule has 0 unspecified atom stereocenters. The lowest BCUT2D eigenvalue weighted by molar-refractivity contribution is 0.0696. The first-order valence-electron chi connectivity index (χ1n) is 3.43. The Balaban J connectivity index is 3.49. The Kier molecular flexibility index (Phi) is 3.86. The van der Waals surface area contributed by atoms with E-state index in [0.29, 0.717) is 9.32 Å². The Morgan fingerprint density at radius 1 is 1.50 bits per heavy atom. The van der Waals surface area contributed by atoms with Crippen LogP contribution in [-0.2, 0) is 0 Å². The normalized spacial score (nSPS) is 10.0. The van der Waals surface area contributed by atoms with Crippen LogP contribution in [0.1, 0.15) is 10.4 Å². The van der Waals surface area contributed by atoms with Gasteiger partial charge in [-0.1, -0.05) is 23.2 Å². The fourth-order valence-corrected chi connectivity index (χ4v) is 2.36. The molecule has 0 fully saturated rings. The van der Waals surface area contributed by atoms with Crippen molar-refractivity contribution in [2.75, 3.05) is 7.11 Å². The number of rotatable bonds is 2. The summed E-state index contributed by atoms with van der Waals surface area (Å²) in [6.45, 7) is 0. The largest absolute Gasteiger partial charge is 0.495 e. The number of hydrogen-bond donors (Lipinski definition) is 1. The Morgan fingerprint density at radius 2 is 2.07 bits per heavy atom. The van der Waals surface area contributed by atoms with Gasteiger partial charge in [0.05, 0.1) is 17.7 Å². The molecule has 0 aliphatic carbocycles. The van der Waals surface area contributed by atoms with Gasteiger partial charge in [0.15, 0.2) is 0 Å². The van der Waals surface area contributed by atoms with Gasteiger partial charge in [0.1, 0.15) is 10.8 Å². The number of carboxylic acids is 1. The summed E-state index contributed by atoms with van der Waals surface area (Å²) < 4.78 is 5.41. The second-order valence-electron chi connectivity index (χ2n) is 2.37. The van der Waals surface area contributed by atoms with Gasteiger partial charge >= 0.3 is 5.97 Å². The van der Waals surface area contributed by atoms with Crippen molar-refractivity contribution in [3.8, 4) is 5.75 Å². The van der Waals surface area contributed by atoms with E-state index in [-0.39, 0.29) is 15.6 Å². The van der Waals surface area contributed by atoms with Gasteiger partial charge in [-0.3, -0.25) is 0 Å². The predicted molar refractivity (Wildman–Crippen MR) is 62.7 cm³/mol. The van der Waals surface area contributed by atoms with Crippen molar-refractivity contribution in [1.29, 1.82) is 0 Å². The smallest absolute Gasteiger partial charge is 0.338 e. The number of halogens is 3. The molecule has 0 aliphatic rings. The van der Waals surface area contributed by atoms with Crippen molar-refractivity contribution in [2.24, 2.45) is 0 Å². The van der Waals surface area contributed by atoms with Crippen LogP contribution in [0.5, 0.6) is 5.75 Å². The summed E-state index contributed by atoms with van der Waals surface area (Å²) in [7, 11) is 1.44. The minimum Gasteiger partial charge on any atom is -0.495 e. The Morgan fingerprint density at radius 3 is 2.50 bits per heavy atom. The summed E-state index contributed by atoms with van der Waals surface area (Å²) in [5.41, 5.74) is -0.00179. The van der Waals surface area contributed by atoms with Crippen LogP contribution < -0.4 is 4.74 Å². The van der Waals surface area contributed by atoms with Crippen LogP contribution in [0, 0.1) is 3.57 Å². The summed E-state index contributed by atoms with van der Waals surface area (Å²) in [4.78, 5) is 10.8. The van der Waals surface area contributed by atoms with Crippen LogP contribution in [0.3, 0.4) is 0 Å². The number of carboxylic acid groups (broad SMARTS) is 1. The van der Waals surface area contributed by atoms with E-state index >= 15 is 0 Å². The second kappa shape index (κ2) is 4.55. The van der Waals surface area contributed by atoms with E-state index in [4.69, 9.17) is 33.0 Å².